The molecule has 1 aromatic carbocycles. The molecule has 0 radical (unpaired) electrons. The summed E-state index contributed by atoms with van der Waals surface area (Å²) in [7, 11) is 0. The third kappa shape index (κ3) is 3.06. The fourth-order valence-corrected chi connectivity index (χ4v) is 3.50. The standard InChI is InChI=1S/C17H18ClN5O2/c18-12-8-19-22-14(12)17(25)23-7-6-11-13(9-23)20-15(21-16(11)24)10-4-2-1-3-5-10/h1-5,12,14,19,22H,6-9H2,(H,20,21,24). The molecule has 1 amide bonds. The second kappa shape index (κ2) is 6.59. The minimum Gasteiger partial charge on any atom is -0.335 e. The van der Waals surface area contributed by atoms with E-state index in [-0.39, 0.29) is 16.8 Å². The van der Waals surface area contributed by atoms with E-state index in [4.69, 9.17) is 11.6 Å². The van der Waals surface area contributed by atoms with Gasteiger partial charge in [-0.25, -0.2) is 10.4 Å². The maximum absolute atomic E-state index is 12.7. The first-order valence-corrected chi connectivity index (χ1v) is 8.66. The highest BCUT2D eigenvalue weighted by atomic mass is 35.5. The Morgan fingerprint density at radius 1 is 1.28 bits per heavy atom. The number of nitrogens with one attached hydrogen (secondary N) is 3. The maximum atomic E-state index is 12.7. The lowest BCUT2D eigenvalue weighted by atomic mass is 10.0. The zero-order valence-corrected chi connectivity index (χ0v) is 14.2. The van der Waals surface area contributed by atoms with Crippen molar-refractivity contribution in [1.29, 1.82) is 0 Å². The van der Waals surface area contributed by atoms with Gasteiger partial charge in [0.1, 0.15) is 11.9 Å². The van der Waals surface area contributed by atoms with Crippen molar-refractivity contribution in [3.05, 3.63) is 51.9 Å². The first kappa shape index (κ1) is 16.3. The Labute approximate surface area is 149 Å². The van der Waals surface area contributed by atoms with Gasteiger partial charge < -0.3 is 9.88 Å². The molecule has 3 N–H and O–H groups in total. The minimum atomic E-state index is -0.459. The van der Waals surface area contributed by atoms with Gasteiger partial charge in [-0.2, -0.15) is 0 Å². The molecule has 8 heteroatoms. The molecule has 1 aromatic heterocycles. The third-order valence-corrected chi connectivity index (χ3v) is 5.02. The van der Waals surface area contributed by atoms with Gasteiger partial charge in [-0.1, -0.05) is 30.3 Å². The number of amides is 1. The lowest BCUT2D eigenvalue weighted by Crippen LogP contribution is -2.50. The number of fused-ring (bicyclic) bond motifs is 1. The number of halogens is 1. The second-order valence-electron chi connectivity index (χ2n) is 6.23. The number of hydrogen-bond acceptors (Lipinski definition) is 5. The number of hydrogen-bond donors (Lipinski definition) is 3. The molecule has 7 nitrogen and oxygen atoms in total. The molecule has 0 bridgehead atoms. The Balaban J connectivity index is 1.63. The molecule has 1 fully saturated rings. The average Bonchev–Trinajstić information content (AvgIpc) is 3.07. The summed E-state index contributed by atoms with van der Waals surface area (Å²) in [5.74, 6) is 0.452. The van der Waals surface area contributed by atoms with Crippen molar-refractivity contribution in [2.45, 2.75) is 24.4 Å². The first-order chi connectivity index (χ1) is 12.1. The van der Waals surface area contributed by atoms with Crippen LogP contribution in [0.1, 0.15) is 11.3 Å². The fraction of sp³-hybridized carbons (Fsp3) is 0.353. The number of hydrazine groups is 1. The summed E-state index contributed by atoms with van der Waals surface area (Å²) in [6.45, 7) is 1.35. The number of alkyl halides is 1. The number of rotatable bonds is 2. The van der Waals surface area contributed by atoms with E-state index >= 15 is 0 Å². The van der Waals surface area contributed by atoms with E-state index in [1.165, 1.54) is 0 Å². The van der Waals surface area contributed by atoms with Gasteiger partial charge in [-0.3, -0.25) is 15.0 Å². The minimum absolute atomic E-state index is 0.0704. The quantitative estimate of drug-likeness (QED) is 0.676. The zero-order chi connectivity index (χ0) is 17.4. The predicted octanol–water partition coefficient (Wildman–Crippen LogP) is 0.405. The van der Waals surface area contributed by atoms with Crippen molar-refractivity contribution in [1.82, 2.24) is 25.7 Å². The molecular formula is C17H18ClN5O2. The Bertz CT molecular complexity index is 854. The summed E-state index contributed by atoms with van der Waals surface area (Å²) < 4.78 is 0. The largest absolute Gasteiger partial charge is 0.335 e. The summed E-state index contributed by atoms with van der Waals surface area (Å²) >= 11 is 6.18. The van der Waals surface area contributed by atoms with E-state index < -0.39 is 6.04 Å². The molecule has 2 aliphatic heterocycles. The SMILES string of the molecule is O=C(C1NNCC1Cl)N1CCc2c(nc(-c3ccccc3)[nH]c2=O)C1. The molecule has 0 aliphatic carbocycles. The molecule has 0 saturated carbocycles. The molecule has 2 atom stereocenters. The van der Waals surface area contributed by atoms with Crippen LogP contribution in [0, 0.1) is 0 Å². The van der Waals surface area contributed by atoms with Gasteiger partial charge in [0, 0.05) is 24.2 Å². The Hall–Kier alpha value is -2.22. The van der Waals surface area contributed by atoms with Crippen LogP contribution < -0.4 is 16.4 Å². The zero-order valence-electron chi connectivity index (χ0n) is 13.5. The first-order valence-electron chi connectivity index (χ1n) is 8.22. The molecule has 1 saturated heterocycles. The Morgan fingerprint density at radius 3 is 2.80 bits per heavy atom. The summed E-state index contributed by atoms with van der Waals surface area (Å²) in [6, 6.07) is 9.02. The molecule has 2 aromatic rings. The summed E-state index contributed by atoms with van der Waals surface area (Å²) in [5, 5.41) is -0.291. The Kier molecular flexibility index (Phi) is 4.29. The normalized spacial score (nSPS) is 22.7. The maximum Gasteiger partial charge on any atom is 0.254 e. The van der Waals surface area contributed by atoms with E-state index in [9.17, 15) is 9.59 Å². The Morgan fingerprint density at radius 2 is 2.08 bits per heavy atom. The summed E-state index contributed by atoms with van der Waals surface area (Å²) in [4.78, 5) is 34.2. The van der Waals surface area contributed by atoms with Crippen molar-refractivity contribution < 1.29 is 4.79 Å². The van der Waals surface area contributed by atoms with E-state index in [1.807, 2.05) is 30.3 Å². The van der Waals surface area contributed by atoms with Crippen LogP contribution in [0.2, 0.25) is 0 Å². The highest BCUT2D eigenvalue weighted by Gasteiger charge is 2.36. The van der Waals surface area contributed by atoms with E-state index in [1.54, 1.807) is 4.90 Å². The molecule has 2 aliphatic rings. The van der Waals surface area contributed by atoms with E-state index in [0.717, 1.165) is 5.56 Å². The number of aromatic nitrogens is 2. The van der Waals surface area contributed by atoms with Gasteiger partial charge in [-0.05, 0) is 6.42 Å². The number of carbonyl (C=O) groups is 1. The topological polar surface area (TPSA) is 90.1 Å². The van der Waals surface area contributed by atoms with Gasteiger partial charge in [0.2, 0.25) is 5.91 Å². The predicted molar refractivity (Wildman–Crippen MR) is 94.0 cm³/mol. The van der Waals surface area contributed by atoms with Crippen molar-refractivity contribution in [2.75, 3.05) is 13.1 Å². The molecule has 2 unspecified atom stereocenters. The smallest absolute Gasteiger partial charge is 0.254 e. The molecular weight excluding hydrogens is 342 g/mol. The summed E-state index contributed by atoms with van der Waals surface area (Å²) in [6.07, 6.45) is 0.492. The number of benzene rings is 1. The number of nitrogens with zero attached hydrogens (tertiary/aromatic N) is 2. The van der Waals surface area contributed by atoms with Crippen LogP contribution in [-0.2, 0) is 17.8 Å². The summed E-state index contributed by atoms with van der Waals surface area (Å²) in [5.41, 5.74) is 7.83. The van der Waals surface area contributed by atoms with Crippen LogP contribution in [0.5, 0.6) is 0 Å². The van der Waals surface area contributed by atoms with Crippen LogP contribution >= 0.6 is 11.6 Å². The molecule has 0 spiro atoms. The van der Waals surface area contributed by atoms with Gasteiger partial charge in [-0.15, -0.1) is 11.6 Å². The van der Waals surface area contributed by atoms with Gasteiger partial charge in [0.05, 0.1) is 17.6 Å². The van der Waals surface area contributed by atoms with Crippen molar-refractivity contribution in [3.63, 3.8) is 0 Å². The van der Waals surface area contributed by atoms with Gasteiger partial charge in [0.25, 0.3) is 5.56 Å². The average molecular weight is 360 g/mol. The van der Waals surface area contributed by atoms with Crippen LogP contribution in [0.3, 0.4) is 0 Å². The van der Waals surface area contributed by atoms with E-state index in [2.05, 4.69) is 20.8 Å². The third-order valence-electron chi connectivity index (χ3n) is 4.61. The lowest BCUT2D eigenvalue weighted by Gasteiger charge is -2.30. The van der Waals surface area contributed by atoms with Gasteiger partial charge in [0.15, 0.2) is 0 Å². The van der Waals surface area contributed by atoms with Crippen molar-refractivity contribution >= 4 is 17.5 Å². The number of carbonyl (C=O) groups excluding carboxylic acids is 1. The van der Waals surface area contributed by atoms with Crippen LogP contribution in [0.25, 0.3) is 11.4 Å². The van der Waals surface area contributed by atoms with Crippen LogP contribution in [0.15, 0.2) is 35.1 Å². The second-order valence-corrected chi connectivity index (χ2v) is 6.80. The molecule has 25 heavy (non-hydrogen) atoms. The van der Waals surface area contributed by atoms with Crippen molar-refractivity contribution in [2.24, 2.45) is 0 Å². The van der Waals surface area contributed by atoms with Gasteiger partial charge >= 0.3 is 0 Å². The molecule has 130 valence electrons. The number of H-pyrrole nitrogens is 1. The lowest BCUT2D eigenvalue weighted by molar-refractivity contribution is -0.134. The molecule has 4 rings (SSSR count). The monoisotopic (exact) mass is 359 g/mol. The highest BCUT2D eigenvalue weighted by Crippen LogP contribution is 2.20. The van der Waals surface area contributed by atoms with Crippen LogP contribution in [0.4, 0.5) is 0 Å². The fourth-order valence-electron chi connectivity index (χ4n) is 3.25. The highest BCUT2D eigenvalue weighted by molar-refractivity contribution is 6.23. The van der Waals surface area contributed by atoms with Crippen molar-refractivity contribution in [3.8, 4) is 11.4 Å². The molecule has 3 heterocycles. The van der Waals surface area contributed by atoms with E-state index in [0.29, 0.717) is 43.1 Å². The number of aromatic amines is 1. The van der Waals surface area contributed by atoms with Crippen LogP contribution in [-0.4, -0.2) is 45.3 Å².